The third-order valence-electron chi connectivity index (χ3n) is 3.60. The van der Waals surface area contributed by atoms with Crippen LogP contribution in [-0.2, 0) is 16.0 Å². The van der Waals surface area contributed by atoms with E-state index in [0.717, 1.165) is 21.8 Å². The number of benzene rings is 1. The summed E-state index contributed by atoms with van der Waals surface area (Å²) in [6.45, 7) is 6.08. The van der Waals surface area contributed by atoms with Gasteiger partial charge in [0.1, 0.15) is 0 Å². The van der Waals surface area contributed by atoms with Crippen LogP contribution in [0.15, 0.2) is 29.6 Å². The van der Waals surface area contributed by atoms with Crippen molar-refractivity contribution in [2.45, 2.75) is 45.6 Å². The average Bonchev–Trinajstić information content (AvgIpc) is 2.95. The van der Waals surface area contributed by atoms with Crippen LogP contribution in [-0.4, -0.2) is 22.0 Å². The highest BCUT2D eigenvalue weighted by molar-refractivity contribution is 7.09. The van der Waals surface area contributed by atoms with Gasteiger partial charge in [-0.1, -0.05) is 43.7 Å². The summed E-state index contributed by atoms with van der Waals surface area (Å²) in [5, 5.41) is 14.8. The first-order valence-corrected chi connectivity index (χ1v) is 8.75. The lowest BCUT2D eigenvalue weighted by atomic mass is 10.0. The maximum absolute atomic E-state index is 12.3. The fourth-order valence-electron chi connectivity index (χ4n) is 2.30. The fraction of sp³-hybridized carbons (Fsp3) is 0.389. The Bertz CT molecular complexity index is 707. The maximum atomic E-state index is 12.3. The van der Waals surface area contributed by atoms with Crippen LogP contribution in [0.4, 0.5) is 0 Å². The molecular weight excluding hydrogens is 324 g/mol. The lowest BCUT2D eigenvalue weighted by molar-refractivity contribution is -0.137. The van der Waals surface area contributed by atoms with Crippen LogP contribution in [0.3, 0.4) is 0 Å². The van der Waals surface area contributed by atoms with Gasteiger partial charge in [-0.2, -0.15) is 0 Å². The van der Waals surface area contributed by atoms with E-state index in [0.29, 0.717) is 5.92 Å². The quantitative estimate of drug-likeness (QED) is 0.805. The van der Waals surface area contributed by atoms with Crippen molar-refractivity contribution in [3.63, 3.8) is 0 Å². The summed E-state index contributed by atoms with van der Waals surface area (Å²) in [4.78, 5) is 27.8. The summed E-state index contributed by atoms with van der Waals surface area (Å²) in [5.41, 5.74) is 2.60. The number of aryl methyl sites for hydroxylation is 1. The molecule has 128 valence electrons. The number of thiazole rings is 1. The van der Waals surface area contributed by atoms with E-state index < -0.39 is 12.0 Å². The fourth-order valence-corrected chi connectivity index (χ4v) is 3.14. The molecule has 1 heterocycles. The van der Waals surface area contributed by atoms with Crippen molar-refractivity contribution in [2.75, 3.05) is 0 Å². The zero-order chi connectivity index (χ0) is 17.7. The monoisotopic (exact) mass is 346 g/mol. The summed E-state index contributed by atoms with van der Waals surface area (Å²) in [6.07, 6.45) is 0.00824. The van der Waals surface area contributed by atoms with Crippen molar-refractivity contribution in [1.82, 2.24) is 10.3 Å². The second-order valence-corrected chi connectivity index (χ2v) is 7.03. The Morgan fingerprint density at radius 1 is 1.25 bits per heavy atom. The highest BCUT2D eigenvalue weighted by Crippen LogP contribution is 2.21. The summed E-state index contributed by atoms with van der Waals surface area (Å²) < 4.78 is 0. The number of carboxylic acids is 1. The molecule has 0 bridgehead atoms. The predicted octanol–water partition coefficient (Wildman–Crippen LogP) is 3.45. The molecule has 0 spiro atoms. The normalized spacial score (nSPS) is 12.2. The van der Waals surface area contributed by atoms with Crippen LogP contribution in [0.1, 0.15) is 54.1 Å². The Hall–Kier alpha value is -2.21. The molecule has 0 aliphatic rings. The van der Waals surface area contributed by atoms with Gasteiger partial charge in [-0.25, -0.2) is 4.98 Å². The van der Waals surface area contributed by atoms with Gasteiger partial charge in [-0.05, 0) is 12.5 Å². The third kappa shape index (κ3) is 5.16. The minimum atomic E-state index is -0.948. The number of nitrogens with one attached hydrogen (secondary N) is 1. The van der Waals surface area contributed by atoms with Gasteiger partial charge in [0.25, 0.3) is 0 Å². The Kier molecular flexibility index (Phi) is 6.09. The number of hydrogen-bond donors (Lipinski definition) is 2. The van der Waals surface area contributed by atoms with E-state index in [1.807, 2.05) is 36.6 Å². The molecular formula is C18H22N2O3S. The number of carbonyl (C=O) groups excluding carboxylic acids is 1. The molecule has 0 fully saturated rings. The topological polar surface area (TPSA) is 79.3 Å². The largest absolute Gasteiger partial charge is 0.481 e. The van der Waals surface area contributed by atoms with Crippen molar-refractivity contribution in [3.8, 4) is 0 Å². The zero-order valence-electron chi connectivity index (χ0n) is 14.1. The van der Waals surface area contributed by atoms with Crippen LogP contribution in [0.5, 0.6) is 0 Å². The van der Waals surface area contributed by atoms with E-state index in [4.69, 9.17) is 5.11 Å². The molecule has 1 atom stereocenters. The predicted molar refractivity (Wildman–Crippen MR) is 94.2 cm³/mol. The third-order valence-corrected chi connectivity index (χ3v) is 4.79. The summed E-state index contributed by atoms with van der Waals surface area (Å²) in [5.74, 6) is -0.835. The molecule has 2 rings (SSSR count). The Labute approximate surface area is 145 Å². The van der Waals surface area contributed by atoms with Crippen LogP contribution >= 0.6 is 11.3 Å². The molecule has 1 aromatic heterocycles. The number of hydrogen-bond acceptors (Lipinski definition) is 4. The SMILES string of the molecule is Cc1ccc(C(CC(=O)O)NC(=O)Cc2csc(C(C)C)n2)cc1. The molecule has 1 aromatic carbocycles. The van der Waals surface area contributed by atoms with E-state index in [1.165, 1.54) is 0 Å². The molecule has 0 saturated carbocycles. The number of amides is 1. The van der Waals surface area contributed by atoms with E-state index in [9.17, 15) is 9.59 Å². The highest BCUT2D eigenvalue weighted by Gasteiger charge is 2.19. The number of carbonyl (C=O) groups is 2. The van der Waals surface area contributed by atoms with Crippen molar-refractivity contribution in [2.24, 2.45) is 0 Å². The second-order valence-electron chi connectivity index (χ2n) is 6.14. The molecule has 1 unspecified atom stereocenters. The summed E-state index contributed by atoms with van der Waals surface area (Å²) in [6, 6.07) is 6.97. The molecule has 24 heavy (non-hydrogen) atoms. The van der Waals surface area contributed by atoms with Crippen LogP contribution in [0, 0.1) is 6.92 Å². The van der Waals surface area contributed by atoms with Gasteiger partial charge in [0, 0.05) is 11.3 Å². The van der Waals surface area contributed by atoms with Crippen molar-refractivity contribution in [1.29, 1.82) is 0 Å². The highest BCUT2D eigenvalue weighted by atomic mass is 32.1. The minimum Gasteiger partial charge on any atom is -0.481 e. The first-order valence-electron chi connectivity index (χ1n) is 7.87. The van der Waals surface area contributed by atoms with Crippen molar-refractivity contribution in [3.05, 3.63) is 51.5 Å². The number of aromatic nitrogens is 1. The molecule has 0 radical (unpaired) electrons. The van der Waals surface area contributed by atoms with Gasteiger partial charge >= 0.3 is 5.97 Å². The minimum absolute atomic E-state index is 0.150. The second kappa shape index (κ2) is 8.06. The molecule has 1 amide bonds. The van der Waals surface area contributed by atoms with Gasteiger partial charge in [0.2, 0.25) is 5.91 Å². The van der Waals surface area contributed by atoms with E-state index in [2.05, 4.69) is 24.1 Å². The molecule has 2 N–H and O–H groups in total. The van der Waals surface area contributed by atoms with E-state index in [1.54, 1.807) is 11.3 Å². The van der Waals surface area contributed by atoms with Gasteiger partial charge < -0.3 is 10.4 Å². The smallest absolute Gasteiger partial charge is 0.305 e. The lowest BCUT2D eigenvalue weighted by Crippen LogP contribution is -2.31. The zero-order valence-corrected chi connectivity index (χ0v) is 14.9. The average molecular weight is 346 g/mol. The number of carboxylic acid groups (broad SMARTS) is 1. The first kappa shape index (κ1) is 18.1. The molecule has 0 saturated heterocycles. The number of aliphatic carboxylic acids is 1. The standard InChI is InChI=1S/C18H22N2O3S/c1-11(2)18-19-14(10-24-18)8-16(21)20-15(9-17(22)23)13-6-4-12(3)5-7-13/h4-7,10-11,15H,8-9H2,1-3H3,(H,20,21)(H,22,23). The van der Waals surface area contributed by atoms with Crippen LogP contribution in [0.25, 0.3) is 0 Å². The van der Waals surface area contributed by atoms with Gasteiger partial charge in [-0.15, -0.1) is 11.3 Å². The van der Waals surface area contributed by atoms with Crippen LogP contribution < -0.4 is 5.32 Å². The first-order chi connectivity index (χ1) is 11.3. The number of nitrogens with zero attached hydrogens (tertiary/aromatic N) is 1. The number of rotatable bonds is 7. The summed E-state index contributed by atoms with van der Waals surface area (Å²) >= 11 is 1.54. The Morgan fingerprint density at radius 2 is 1.92 bits per heavy atom. The molecule has 5 nitrogen and oxygen atoms in total. The molecule has 6 heteroatoms. The van der Waals surface area contributed by atoms with Crippen molar-refractivity contribution >= 4 is 23.2 Å². The lowest BCUT2D eigenvalue weighted by Gasteiger charge is -2.17. The maximum Gasteiger partial charge on any atom is 0.305 e. The van der Waals surface area contributed by atoms with E-state index in [-0.39, 0.29) is 18.7 Å². The van der Waals surface area contributed by atoms with Crippen molar-refractivity contribution < 1.29 is 14.7 Å². The molecule has 2 aromatic rings. The molecule has 0 aliphatic heterocycles. The van der Waals surface area contributed by atoms with Gasteiger partial charge in [0.15, 0.2) is 0 Å². The van der Waals surface area contributed by atoms with E-state index >= 15 is 0 Å². The summed E-state index contributed by atoms with van der Waals surface area (Å²) in [7, 11) is 0. The van der Waals surface area contributed by atoms with Gasteiger partial charge in [-0.3, -0.25) is 9.59 Å². The Morgan fingerprint density at radius 3 is 2.46 bits per heavy atom. The van der Waals surface area contributed by atoms with Crippen LogP contribution in [0.2, 0.25) is 0 Å². The molecule has 0 aliphatic carbocycles. The Balaban J connectivity index is 2.06. The van der Waals surface area contributed by atoms with Gasteiger partial charge in [0.05, 0.1) is 29.6 Å².